The summed E-state index contributed by atoms with van der Waals surface area (Å²) in [6.07, 6.45) is 0. The fraction of sp³-hybridized carbons (Fsp3) is 0.250. The molecule has 3 heteroatoms. The largest absolute Gasteiger partial charge is 0.326 e. The first-order valence-corrected chi connectivity index (χ1v) is 4.93. The van der Waals surface area contributed by atoms with Gasteiger partial charge in [-0.3, -0.25) is 4.79 Å². The highest BCUT2D eigenvalue weighted by atomic mass is 16.1. The van der Waals surface area contributed by atoms with Gasteiger partial charge in [0.2, 0.25) is 0 Å². The molecule has 0 amide bonds. The Morgan fingerprint density at radius 3 is 2.73 bits per heavy atom. The van der Waals surface area contributed by atoms with Gasteiger partial charge in [0, 0.05) is 24.7 Å². The SMILES string of the molecule is Cc1cc2c(CN)cccc2c(=O)n1C. The van der Waals surface area contributed by atoms with E-state index in [4.69, 9.17) is 5.73 Å². The van der Waals surface area contributed by atoms with E-state index >= 15 is 0 Å². The Bertz CT molecular complexity index is 570. The van der Waals surface area contributed by atoms with E-state index in [9.17, 15) is 4.79 Å². The predicted octanol–water partition coefficient (Wildman–Crippen LogP) is 1.31. The van der Waals surface area contributed by atoms with Gasteiger partial charge in [0.25, 0.3) is 5.56 Å². The van der Waals surface area contributed by atoms with E-state index in [1.54, 1.807) is 11.6 Å². The molecule has 0 radical (unpaired) electrons. The summed E-state index contributed by atoms with van der Waals surface area (Å²) in [5, 5.41) is 1.71. The molecule has 0 bridgehead atoms. The van der Waals surface area contributed by atoms with Crippen LogP contribution in [0.2, 0.25) is 0 Å². The maximum absolute atomic E-state index is 11.9. The molecule has 0 unspecified atom stereocenters. The molecule has 0 spiro atoms. The molecular weight excluding hydrogens is 188 g/mol. The van der Waals surface area contributed by atoms with Crippen LogP contribution in [-0.4, -0.2) is 4.57 Å². The lowest BCUT2D eigenvalue weighted by atomic mass is 10.1. The molecule has 0 aliphatic rings. The van der Waals surface area contributed by atoms with Gasteiger partial charge in [-0.05, 0) is 30.0 Å². The number of aryl methyl sites for hydroxylation is 1. The van der Waals surface area contributed by atoms with Gasteiger partial charge in [0.1, 0.15) is 0 Å². The lowest BCUT2D eigenvalue weighted by Crippen LogP contribution is -2.19. The average molecular weight is 202 g/mol. The second-order valence-electron chi connectivity index (χ2n) is 3.73. The number of rotatable bonds is 1. The zero-order chi connectivity index (χ0) is 11.0. The smallest absolute Gasteiger partial charge is 0.258 e. The Balaban J connectivity index is 2.98. The molecular formula is C12H14N2O. The third-order valence-electron chi connectivity index (χ3n) is 2.83. The highest BCUT2D eigenvalue weighted by Gasteiger charge is 2.05. The minimum atomic E-state index is 0.0419. The molecule has 0 saturated carbocycles. The first-order valence-electron chi connectivity index (χ1n) is 4.93. The second kappa shape index (κ2) is 3.51. The van der Waals surface area contributed by atoms with Crippen LogP contribution >= 0.6 is 0 Å². The monoisotopic (exact) mass is 202 g/mol. The van der Waals surface area contributed by atoms with Crippen molar-refractivity contribution in [2.45, 2.75) is 13.5 Å². The van der Waals surface area contributed by atoms with E-state index in [0.29, 0.717) is 6.54 Å². The van der Waals surface area contributed by atoms with Crippen molar-refractivity contribution in [2.75, 3.05) is 0 Å². The fourth-order valence-electron chi connectivity index (χ4n) is 1.79. The van der Waals surface area contributed by atoms with Gasteiger partial charge >= 0.3 is 0 Å². The maximum Gasteiger partial charge on any atom is 0.258 e. The number of fused-ring (bicyclic) bond motifs is 1. The number of hydrogen-bond donors (Lipinski definition) is 1. The zero-order valence-corrected chi connectivity index (χ0v) is 8.95. The van der Waals surface area contributed by atoms with Gasteiger partial charge in [0.15, 0.2) is 0 Å². The summed E-state index contributed by atoms with van der Waals surface area (Å²) in [6.45, 7) is 2.39. The van der Waals surface area contributed by atoms with E-state index < -0.39 is 0 Å². The molecule has 3 nitrogen and oxygen atoms in total. The lowest BCUT2D eigenvalue weighted by Gasteiger charge is -2.08. The molecule has 2 aromatic rings. The van der Waals surface area contributed by atoms with Crippen LogP contribution in [0.1, 0.15) is 11.3 Å². The molecule has 15 heavy (non-hydrogen) atoms. The second-order valence-corrected chi connectivity index (χ2v) is 3.73. The summed E-state index contributed by atoms with van der Waals surface area (Å²) in [5.41, 5.74) is 7.66. The molecule has 1 aromatic carbocycles. The summed E-state index contributed by atoms with van der Waals surface area (Å²) >= 11 is 0. The van der Waals surface area contributed by atoms with Crippen molar-refractivity contribution in [1.82, 2.24) is 4.57 Å². The number of pyridine rings is 1. The van der Waals surface area contributed by atoms with Crippen LogP contribution in [0.15, 0.2) is 29.1 Å². The molecule has 0 fully saturated rings. The standard InChI is InChI=1S/C12H14N2O/c1-8-6-11-9(7-13)4-3-5-10(11)12(15)14(8)2/h3-6H,7,13H2,1-2H3. The topological polar surface area (TPSA) is 48.0 Å². The number of nitrogens with zero attached hydrogens (tertiary/aromatic N) is 1. The third kappa shape index (κ3) is 1.45. The highest BCUT2D eigenvalue weighted by Crippen LogP contribution is 2.16. The molecule has 0 aliphatic carbocycles. The maximum atomic E-state index is 11.9. The number of nitrogens with two attached hydrogens (primary N) is 1. The molecule has 0 atom stereocenters. The molecule has 0 saturated heterocycles. The van der Waals surface area contributed by atoms with Crippen LogP contribution < -0.4 is 11.3 Å². The fourth-order valence-corrected chi connectivity index (χ4v) is 1.79. The molecule has 1 aromatic heterocycles. The van der Waals surface area contributed by atoms with E-state index in [2.05, 4.69) is 0 Å². The van der Waals surface area contributed by atoms with Crippen LogP contribution in [0, 0.1) is 6.92 Å². The first kappa shape index (κ1) is 9.93. The molecule has 2 N–H and O–H groups in total. The minimum absolute atomic E-state index is 0.0419. The lowest BCUT2D eigenvalue weighted by molar-refractivity contribution is 0.830. The van der Waals surface area contributed by atoms with E-state index in [-0.39, 0.29) is 5.56 Å². The minimum Gasteiger partial charge on any atom is -0.326 e. The van der Waals surface area contributed by atoms with Crippen molar-refractivity contribution >= 4 is 10.8 Å². The van der Waals surface area contributed by atoms with Crippen molar-refractivity contribution in [3.63, 3.8) is 0 Å². The van der Waals surface area contributed by atoms with Crippen molar-refractivity contribution in [3.8, 4) is 0 Å². The Labute approximate surface area is 88.1 Å². The normalized spacial score (nSPS) is 10.9. The summed E-state index contributed by atoms with van der Waals surface area (Å²) in [6, 6.07) is 7.69. The van der Waals surface area contributed by atoms with Gasteiger partial charge in [-0.2, -0.15) is 0 Å². The summed E-state index contributed by atoms with van der Waals surface area (Å²) in [5.74, 6) is 0. The molecule has 2 rings (SSSR count). The van der Waals surface area contributed by atoms with E-state index in [0.717, 1.165) is 22.0 Å². The Hall–Kier alpha value is -1.61. The average Bonchev–Trinajstić information content (AvgIpc) is 2.25. The number of hydrogen-bond acceptors (Lipinski definition) is 2. The first-order chi connectivity index (χ1) is 7.15. The third-order valence-corrected chi connectivity index (χ3v) is 2.83. The van der Waals surface area contributed by atoms with Crippen LogP contribution in [0.25, 0.3) is 10.8 Å². The van der Waals surface area contributed by atoms with Gasteiger partial charge in [0.05, 0.1) is 0 Å². The van der Waals surface area contributed by atoms with E-state index in [1.165, 1.54) is 0 Å². The Kier molecular flexibility index (Phi) is 2.32. The van der Waals surface area contributed by atoms with E-state index in [1.807, 2.05) is 31.2 Å². The van der Waals surface area contributed by atoms with Crippen molar-refractivity contribution < 1.29 is 0 Å². The van der Waals surface area contributed by atoms with Crippen LogP contribution in [0.5, 0.6) is 0 Å². The summed E-state index contributed by atoms with van der Waals surface area (Å²) in [7, 11) is 1.78. The van der Waals surface area contributed by atoms with Gasteiger partial charge < -0.3 is 10.3 Å². The van der Waals surface area contributed by atoms with Gasteiger partial charge in [-0.25, -0.2) is 0 Å². The van der Waals surface area contributed by atoms with Crippen LogP contribution in [0.4, 0.5) is 0 Å². The summed E-state index contributed by atoms with van der Waals surface area (Å²) < 4.78 is 1.66. The highest BCUT2D eigenvalue weighted by molar-refractivity contribution is 5.85. The number of benzene rings is 1. The number of aromatic nitrogens is 1. The van der Waals surface area contributed by atoms with Gasteiger partial charge in [-0.1, -0.05) is 12.1 Å². The van der Waals surface area contributed by atoms with Gasteiger partial charge in [-0.15, -0.1) is 0 Å². The molecule has 78 valence electrons. The van der Waals surface area contributed by atoms with Crippen molar-refractivity contribution in [2.24, 2.45) is 12.8 Å². The van der Waals surface area contributed by atoms with Crippen molar-refractivity contribution in [1.29, 1.82) is 0 Å². The Morgan fingerprint density at radius 1 is 1.33 bits per heavy atom. The molecule has 1 heterocycles. The van der Waals surface area contributed by atoms with Crippen LogP contribution in [0.3, 0.4) is 0 Å². The Morgan fingerprint density at radius 2 is 2.07 bits per heavy atom. The zero-order valence-electron chi connectivity index (χ0n) is 8.95. The predicted molar refractivity (Wildman–Crippen MR) is 61.8 cm³/mol. The van der Waals surface area contributed by atoms with Crippen LogP contribution in [-0.2, 0) is 13.6 Å². The molecule has 0 aliphatic heterocycles. The van der Waals surface area contributed by atoms with Crippen molar-refractivity contribution in [3.05, 3.63) is 45.9 Å². The summed E-state index contributed by atoms with van der Waals surface area (Å²) in [4.78, 5) is 11.9. The quantitative estimate of drug-likeness (QED) is 0.757.